The average Bonchev–Trinajstić information content (AvgIpc) is 3.81. The first-order chi connectivity index (χ1) is 21.1. The Labute approximate surface area is 266 Å². The fourth-order valence-corrected chi connectivity index (χ4v) is 6.96. The van der Waals surface area contributed by atoms with E-state index >= 15 is 0 Å². The number of thiazole rings is 1. The molecule has 0 saturated carbocycles. The summed E-state index contributed by atoms with van der Waals surface area (Å²) < 4.78 is 7.42. The molecule has 0 bridgehead atoms. The number of benzene rings is 3. The zero-order valence-corrected chi connectivity index (χ0v) is 25.8. The number of halogens is 2. The van der Waals surface area contributed by atoms with Crippen LogP contribution in [-0.2, 0) is 5.75 Å². The third-order valence-electron chi connectivity index (χ3n) is 6.76. The zero-order valence-electron chi connectivity index (χ0n) is 22.7. The van der Waals surface area contributed by atoms with Gasteiger partial charge in [0.1, 0.15) is 10.7 Å². The third kappa shape index (κ3) is 6.86. The molecule has 0 fully saturated rings. The van der Waals surface area contributed by atoms with E-state index in [1.807, 2.05) is 53.1 Å². The molecule has 0 atom stereocenters. The molecular weight excluding hydrogens is 621 g/mol. The highest BCUT2D eigenvalue weighted by molar-refractivity contribution is 7.98. The van der Waals surface area contributed by atoms with Crippen LogP contribution in [0.15, 0.2) is 112 Å². The van der Waals surface area contributed by atoms with Crippen molar-refractivity contribution >= 4 is 52.2 Å². The van der Waals surface area contributed by atoms with E-state index in [0.29, 0.717) is 50.5 Å². The molecule has 0 radical (unpaired) electrons. The smallest absolute Gasteiger partial charge is 0.270 e. The molecule has 7 nitrogen and oxygen atoms in total. The van der Waals surface area contributed by atoms with Crippen LogP contribution in [0.4, 0.5) is 0 Å². The van der Waals surface area contributed by atoms with Crippen LogP contribution >= 0.6 is 46.3 Å². The van der Waals surface area contributed by atoms with E-state index in [4.69, 9.17) is 27.6 Å². The average molecular weight is 647 g/mol. The standard InChI is InChI=1S/C32H25Cl2N5O2S2/c33-23-13-14-27(25(34)18-23)39-30(28-12-7-17-41-28)37-38-32(39)43-20-29-36-26(19-42-29)31(40)35-16-15-24(21-8-3-1-4-9-21)22-10-5-2-6-11-22/h1-14,17-19,24H,15-16,20H2,(H,35,40). The number of aromatic nitrogens is 4. The summed E-state index contributed by atoms with van der Waals surface area (Å²) in [5.41, 5.74) is 3.52. The van der Waals surface area contributed by atoms with Crippen LogP contribution in [0.25, 0.3) is 17.3 Å². The molecule has 43 heavy (non-hydrogen) atoms. The SMILES string of the molecule is O=C(NCCC(c1ccccc1)c1ccccc1)c1csc(CSc2nnc(-c3ccco3)n2-c2ccc(Cl)cc2Cl)n1. The van der Waals surface area contributed by atoms with Gasteiger partial charge in [-0.15, -0.1) is 21.5 Å². The van der Waals surface area contributed by atoms with Gasteiger partial charge in [-0.05, 0) is 47.9 Å². The number of hydrogen-bond acceptors (Lipinski definition) is 7. The number of furan rings is 1. The van der Waals surface area contributed by atoms with Crippen molar-refractivity contribution in [2.45, 2.75) is 23.2 Å². The second-order valence-corrected chi connectivity index (χ2v) is 12.3. The number of hydrogen-bond donors (Lipinski definition) is 1. The normalized spacial score (nSPS) is 11.2. The highest BCUT2D eigenvalue weighted by Crippen LogP contribution is 2.34. The fraction of sp³-hybridized carbons (Fsp3) is 0.125. The van der Waals surface area contributed by atoms with Crippen LogP contribution < -0.4 is 5.32 Å². The van der Waals surface area contributed by atoms with Crippen molar-refractivity contribution < 1.29 is 9.21 Å². The summed E-state index contributed by atoms with van der Waals surface area (Å²) in [6.45, 7) is 0.523. The van der Waals surface area contributed by atoms with E-state index in [0.717, 1.165) is 11.4 Å². The van der Waals surface area contributed by atoms with Gasteiger partial charge >= 0.3 is 0 Å². The summed E-state index contributed by atoms with van der Waals surface area (Å²) in [5.74, 6) is 1.55. The highest BCUT2D eigenvalue weighted by Gasteiger charge is 2.21. The summed E-state index contributed by atoms with van der Waals surface area (Å²) in [6, 6.07) is 29.6. The lowest BCUT2D eigenvalue weighted by Gasteiger charge is -2.18. The molecule has 3 aromatic heterocycles. The van der Waals surface area contributed by atoms with Crippen LogP contribution in [0, 0.1) is 0 Å². The zero-order chi connectivity index (χ0) is 29.6. The molecule has 3 aromatic carbocycles. The summed E-state index contributed by atoms with van der Waals surface area (Å²) in [5, 5.41) is 16.0. The molecule has 0 spiro atoms. The monoisotopic (exact) mass is 645 g/mol. The Balaban J connectivity index is 1.12. The lowest BCUT2D eigenvalue weighted by Crippen LogP contribution is -2.26. The molecule has 6 aromatic rings. The largest absolute Gasteiger partial charge is 0.461 e. The number of carbonyl (C=O) groups excluding carboxylic acids is 1. The Bertz CT molecular complexity index is 1770. The predicted molar refractivity (Wildman–Crippen MR) is 172 cm³/mol. The molecule has 6 rings (SSSR count). The lowest BCUT2D eigenvalue weighted by atomic mass is 9.88. The molecule has 11 heteroatoms. The van der Waals surface area contributed by atoms with Crippen LogP contribution in [0.2, 0.25) is 10.0 Å². The summed E-state index contributed by atoms with van der Waals surface area (Å²) >= 11 is 15.6. The van der Waals surface area contributed by atoms with Gasteiger partial charge in [0.05, 0.1) is 22.7 Å². The van der Waals surface area contributed by atoms with E-state index in [1.54, 1.807) is 29.8 Å². The van der Waals surface area contributed by atoms with E-state index in [-0.39, 0.29) is 11.8 Å². The molecule has 0 aliphatic carbocycles. The molecular formula is C32H25Cl2N5O2S2. The maximum Gasteiger partial charge on any atom is 0.270 e. The predicted octanol–water partition coefficient (Wildman–Crippen LogP) is 8.53. The van der Waals surface area contributed by atoms with Crippen molar-refractivity contribution in [1.29, 1.82) is 0 Å². The van der Waals surface area contributed by atoms with E-state index in [2.05, 4.69) is 44.8 Å². The summed E-state index contributed by atoms with van der Waals surface area (Å²) in [7, 11) is 0. The number of nitrogens with one attached hydrogen (secondary N) is 1. The molecule has 216 valence electrons. The van der Waals surface area contributed by atoms with Crippen molar-refractivity contribution in [1.82, 2.24) is 25.1 Å². The first kappa shape index (κ1) is 29.2. The summed E-state index contributed by atoms with van der Waals surface area (Å²) in [4.78, 5) is 17.6. The van der Waals surface area contributed by atoms with Crippen molar-refractivity contribution in [3.63, 3.8) is 0 Å². The number of nitrogens with zero attached hydrogens (tertiary/aromatic N) is 4. The van der Waals surface area contributed by atoms with Crippen molar-refractivity contribution in [2.75, 3.05) is 6.54 Å². The molecule has 0 unspecified atom stereocenters. The van der Waals surface area contributed by atoms with Crippen LogP contribution in [0.5, 0.6) is 0 Å². The fourth-order valence-electron chi connectivity index (χ4n) is 4.73. The minimum absolute atomic E-state index is 0.183. The minimum Gasteiger partial charge on any atom is -0.461 e. The highest BCUT2D eigenvalue weighted by atomic mass is 35.5. The van der Waals surface area contributed by atoms with Gasteiger partial charge in [-0.25, -0.2) is 4.98 Å². The number of carbonyl (C=O) groups is 1. The Morgan fingerprint density at radius 1 is 0.953 bits per heavy atom. The number of rotatable bonds is 11. The molecule has 0 aliphatic heterocycles. The minimum atomic E-state index is -0.191. The molecule has 1 N–H and O–H groups in total. The van der Waals surface area contributed by atoms with Gasteiger partial charge in [-0.2, -0.15) is 0 Å². The topological polar surface area (TPSA) is 85.8 Å². The second-order valence-electron chi connectivity index (χ2n) is 9.55. The maximum atomic E-state index is 13.0. The van der Waals surface area contributed by atoms with Gasteiger partial charge in [0.15, 0.2) is 10.9 Å². The van der Waals surface area contributed by atoms with Gasteiger partial charge < -0.3 is 9.73 Å². The van der Waals surface area contributed by atoms with E-state index < -0.39 is 0 Å². The lowest BCUT2D eigenvalue weighted by molar-refractivity contribution is 0.0948. The molecule has 0 saturated heterocycles. The first-order valence-corrected chi connectivity index (χ1v) is 16.1. The van der Waals surface area contributed by atoms with Crippen LogP contribution in [0.3, 0.4) is 0 Å². The Morgan fingerprint density at radius 3 is 2.37 bits per heavy atom. The van der Waals surface area contributed by atoms with E-state index in [9.17, 15) is 4.79 Å². The molecule has 1 amide bonds. The van der Waals surface area contributed by atoms with Crippen LogP contribution in [-0.4, -0.2) is 32.2 Å². The van der Waals surface area contributed by atoms with Gasteiger partial charge in [0.2, 0.25) is 5.82 Å². The molecule has 0 aliphatic rings. The van der Waals surface area contributed by atoms with Gasteiger partial charge in [0.25, 0.3) is 5.91 Å². The third-order valence-corrected chi connectivity index (χ3v) is 9.27. The van der Waals surface area contributed by atoms with Crippen molar-refractivity contribution in [2.24, 2.45) is 0 Å². The van der Waals surface area contributed by atoms with Gasteiger partial charge in [-0.3, -0.25) is 9.36 Å². The van der Waals surface area contributed by atoms with Crippen molar-refractivity contribution in [3.05, 3.63) is 135 Å². The van der Waals surface area contributed by atoms with Gasteiger partial charge in [0, 0.05) is 22.9 Å². The van der Waals surface area contributed by atoms with Crippen LogP contribution in [0.1, 0.15) is 39.0 Å². The molecule has 3 heterocycles. The van der Waals surface area contributed by atoms with E-state index in [1.165, 1.54) is 34.2 Å². The number of amides is 1. The Kier molecular flexibility index (Phi) is 9.24. The quantitative estimate of drug-likeness (QED) is 0.142. The maximum absolute atomic E-state index is 13.0. The first-order valence-electron chi connectivity index (χ1n) is 13.5. The second kappa shape index (κ2) is 13.6. The Hall–Kier alpha value is -3.89. The summed E-state index contributed by atoms with van der Waals surface area (Å²) in [6.07, 6.45) is 2.35. The van der Waals surface area contributed by atoms with Crippen molar-refractivity contribution in [3.8, 4) is 17.3 Å². The van der Waals surface area contributed by atoms with Gasteiger partial charge in [-0.1, -0.05) is 95.6 Å². The Morgan fingerprint density at radius 2 is 1.70 bits per heavy atom. The number of thioether (sulfide) groups is 1.